The van der Waals surface area contributed by atoms with Gasteiger partial charge in [-0.05, 0) is 59.7 Å². The van der Waals surface area contributed by atoms with Gasteiger partial charge in [-0.2, -0.15) is 0 Å². The van der Waals surface area contributed by atoms with Gasteiger partial charge in [0.15, 0.2) is 0 Å². The SMILES string of the molecule is Oc1c(Cl)cc(Cl)cc1C=Nc1ccc(-c2ccc(N=Cc3cc(Cl)cc(Cl)c3O)cc2)cc1. The third-order valence-corrected chi connectivity index (χ3v) is 5.90. The lowest BCUT2D eigenvalue weighted by Crippen LogP contribution is -1.84. The Morgan fingerprint density at radius 3 is 1.24 bits per heavy atom. The van der Waals surface area contributed by atoms with Gasteiger partial charge in [-0.25, -0.2) is 0 Å². The fraction of sp³-hybridized carbons (Fsp3) is 0. The third kappa shape index (κ3) is 5.72. The number of halogens is 4. The van der Waals surface area contributed by atoms with Crippen molar-refractivity contribution in [2.24, 2.45) is 9.98 Å². The minimum absolute atomic E-state index is 0.0668. The molecule has 0 saturated carbocycles. The molecule has 0 aliphatic carbocycles. The Balaban J connectivity index is 1.48. The van der Waals surface area contributed by atoms with Gasteiger partial charge in [0.2, 0.25) is 0 Å². The van der Waals surface area contributed by atoms with Crippen molar-refractivity contribution in [3.05, 3.63) is 104 Å². The third-order valence-electron chi connectivity index (χ3n) is 4.89. The fourth-order valence-corrected chi connectivity index (χ4v) is 4.15. The second-order valence-corrected chi connectivity index (χ2v) is 8.95. The topological polar surface area (TPSA) is 65.2 Å². The van der Waals surface area contributed by atoms with Crippen molar-refractivity contribution in [3.63, 3.8) is 0 Å². The zero-order valence-electron chi connectivity index (χ0n) is 17.4. The first kappa shape index (κ1) is 24.1. The molecule has 0 aromatic heterocycles. The molecule has 0 aliphatic rings. The van der Waals surface area contributed by atoms with Gasteiger partial charge < -0.3 is 10.2 Å². The molecule has 0 saturated heterocycles. The molecule has 4 aromatic carbocycles. The van der Waals surface area contributed by atoms with Gasteiger partial charge in [0, 0.05) is 33.6 Å². The first-order chi connectivity index (χ1) is 16.3. The summed E-state index contributed by atoms with van der Waals surface area (Å²) in [5.41, 5.74) is 4.29. The number of hydrogen-bond acceptors (Lipinski definition) is 4. The highest BCUT2D eigenvalue weighted by atomic mass is 35.5. The monoisotopic (exact) mass is 528 g/mol. The van der Waals surface area contributed by atoms with E-state index < -0.39 is 0 Å². The lowest BCUT2D eigenvalue weighted by atomic mass is 10.1. The minimum Gasteiger partial charge on any atom is -0.506 e. The van der Waals surface area contributed by atoms with Crippen LogP contribution in [-0.4, -0.2) is 22.6 Å². The van der Waals surface area contributed by atoms with E-state index in [-0.39, 0.29) is 21.5 Å². The van der Waals surface area contributed by atoms with E-state index in [1.807, 2.05) is 48.5 Å². The molecular weight excluding hydrogens is 514 g/mol. The van der Waals surface area contributed by atoms with Crippen molar-refractivity contribution in [1.29, 1.82) is 0 Å². The Morgan fingerprint density at radius 1 is 0.529 bits per heavy atom. The maximum absolute atomic E-state index is 10.0. The first-order valence-electron chi connectivity index (χ1n) is 9.95. The molecule has 4 nitrogen and oxygen atoms in total. The summed E-state index contributed by atoms with van der Waals surface area (Å²) in [4.78, 5) is 8.76. The molecule has 0 radical (unpaired) electrons. The van der Waals surface area contributed by atoms with Gasteiger partial charge in [0.1, 0.15) is 11.5 Å². The highest BCUT2D eigenvalue weighted by Crippen LogP contribution is 2.32. The second-order valence-electron chi connectivity index (χ2n) is 7.26. The lowest BCUT2D eigenvalue weighted by Gasteiger charge is -2.05. The summed E-state index contributed by atoms with van der Waals surface area (Å²) < 4.78 is 0. The summed E-state index contributed by atoms with van der Waals surface area (Å²) in [6.45, 7) is 0. The van der Waals surface area contributed by atoms with E-state index in [1.54, 1.807) is 12.1 Å². The molecule has 0 bridgehead atoms. The van der Waals surface area contributed by atoms with Gasteiger partial charge in [-0.15, -0.1) is 0 Å². The summed E-state index contributed by atoms with van der Waals surface area (Å²) in [6, 6.07) is 21.4. The van der Waals surface area contributed by atoms with Gasteiger partial charge in [-0.3, -0.25) is 9.98 Å². The zero-order chi connectivity index (χ0) is 24.2. The van der Waals surface area contributed by atoms with Crippen molar-refractivity contribution >= 4 is 70.2 Å². The highest BCUT2D eigenvalue weighted by Gasteiger charge is 2.07. The van der Waals surface area contributed by atoms with Crippen LogP contribution in [-0.2, 0) is 0 Å². The fourth-order valence-electron chi connectivity index (χ4n) is 3.14. The zero-order valence-corrected chi connectivity index (χ0v) is 20.4. The van der Waals surface area contributed by atoms with Crippen LogP contribution in [0.4, 0.5) is 11.4 Å². The van der Waals surface area contributed by atoms with Crippen molar-refractivity contribution in [2.45, 2.75) is 0 Å². The molecule has 0 unspecified atom stereocenters. The van der Waals surface area contributed by atoms with Crippen molar-refractivity contribution in [1.82, 2.24) is 0 Å². The van der Waals surface area contributed by atoms with E-state index in [1.165, 1.54) is 24.6 Å². The predicted octanol–water partition coefficient (Wildman–Crippen LogP) is 8.88. The number of nitrogens with zero attached hydrogens (tertiary/aromatic N) is 2. The largest absolute Gasteiger partial charge is 0.506 e. The molecule has 0 fully saturated rings. The second kappa shape index (κ2) is 10.5. The van der Waals surface area contributed by atoms with Crippen LogP contribution in [0, 0.1) is 0 Å². The average Bonchev–Trinajstić information content (AvgIpc) is 2.82. The van der Waals surface area contributed by atoms with Crippen LogP contribution in [0.15, 0.2) is 82.8 Å². The van der Waals surface area contributed by atoms with Gasteiger partial charge >= 0.3 is 0 Å². The summed E-state index contributed by atoms with van der Waals surface area (Å²) >= 11 is 23.9. The number of phenolic OH excluding ortho intramolecular Hbond substituents is 2. The van der Waals surface area contributed by atoms with Crippen LogP contribution in [0.1, 0.15) is 11.1 Å². The average molecular weight is 530 g/mol. The van der Waals surface area contributed by atoms with Crippen molar-refractivity contribution in [3.8, 4) is 22.6 Å². The van der Waals surface area contributed by atoms with Gasteiger partial charge in [0.05, 0.1) is 21.4 Å². The number of benzene rings is 4. The molecule has 34 heavy (non-hydrogen) atoms. The van der Waals surface area contributed by atoms with E-state index in [2.05, 4.69) is 9.98 Å². The smallest absolute Gasteiger partial charge is 0.143 e. The number of rotatable bonds is 5. The van der Waals surface area contributed by atoms with Crippen LogP contribution in [0.3, 0.4) is 0 Å². The van der Waals surface area contributed by atoms with E-state index in [4.69, 9.17) is 46.4 Å². The highest BCUT2D eigenvalue weighted by molar-refractivity contribution is 6.36. The molecule has 2 N–H and O–H groups in total. The van der Waals surface area contributed by atoms with Crippen molar-refractivity contribution in [2.75, 3.05) is 0 Å². The van der Waals surface area contributed by atoms with E-state index in [0.29, 0.717) is 32.5 Å². The molecule has 4 aromatic rings. The summed E-state index contributed by atoms with van der Waals surface area (Å²) in [5, 5.41) is 21.3. The van der Waals surface area contributed by atoms with Crippen LogP contribution in [0.25, 0.3) is 11.1 Å². The van der Waals surface area contributed by atoms with Crippen LogP contribution >= 0.6 is 46.4 Å². The van der Waals surface area contributed by atoms with Crippen LogP contribution < -0.4 is 0 Å². The Hall–Kier alpha value is -3.02. The maximum atomic E-state index is 10.0. The maximum Gasteiger partial charge on any atom is 0.143 e. The van der Waals surface area contributed by atoms with E-state index >= 15 is 0 Å². The predicted molar refractivity (Wildman–Crippen MR) is 143 cm³/mol. The Kier molecular flexibility index (Phi) is 7.44. The number of hydrogen-bond donors (Lipinski definition) is 2. The normalized spacial score (nSPS) is 11.5. The number of aromatic hydroxyl groups is 2. The Bertz CT molecular complexity index is 1290. The van der Waals surface area contributed by atoms with Crippen molar-refractivity contribution < 1.29 is 10.2 Å². The van der Waals surface area contributed by atoms with E-state index in [9.17, 15) is 10.2 Å². The van der Waals surface area contributed by atoms with Gasteiger partial charge in [-0.1, -0.05) is 70.7 Å². The number of aliphatic imine (C=N–C) groups is 2. The van der Waals surface area contributed by atoms with E-state index in [0.717, 1.165) is 11.1 Å². The number of phenols is 2. The summed E-state index contributed by atoms with van der Waals surface area (Å²) in [6.07, 6.45) is 3.03. The minimum atomic E-state index is -0.0668. The standard InChI is InChI=1S/C26H16Cl4N2O2/c27-19-9-17(25(33)23(29)11-19)13-31-21-5-1-15(2-6-21)16-3-7-22(8-4-16)32-14-18-10-20(28)12-24(30)26(18)34/h1-14,33-34H. The molecule has 0 spiro atoms. The molecule has 0 aliphatic heterocycles. The Morgan fingerprint density at radius 2 is 0.882 bits per heavy atom. The molecule has 4 rings (SSSR count). The molecule has 0 amide bonds. The summed E-state index contributed by atoms with van der Waals surface area (Å²) in [5.74, 6) is -0.134. The van der Waals surface area contributed by atoms with Crippen LogP contribution in [0.2, 0.25) is 20.1 Å². The molecule has 8 heteroatoms. The molecule has 0 heterocycles. The Labute approximate surface area is 216 Å². The lowest BCUT2D eigenvalue weighted by molar-refractivity contribution is 0.474. The summed E-state index contributed by atoms with van der Waals surface area (Å²) in [7, 11) is 0. The van der Waals surface area contributed by atoms with Gasteiger partial charge in [0.25, 0.3) is 0 Å². The molecule has 0 atom stereocenters. The first-order valence-corrected chi connectivity index (χ1v) is 11.5. The molecular formula is C26H16Cl4N2O2. The van der Waals surface area contributed by atoms with Crippen LogP contribution in [0.5, 0.6) is 11.5 Å². The molecule has 170 valence electrons. The quantitative estimate of drug-likeness (QED) is 0.253.